The largest absolute Gasteiger partial charge is 0.477 e. The molecule has 0 spiro atoms. The number of rotatable bonds is 3. The molecule has 0 radical (unpaired) electrons. The van der Waals surface area contributed by atoms with Gasteiger partial charge >= 0.3 is 11.9 Å². The Morgan fingerprint density at radius 3 is 1.50 bits per heavy atom. The lowest BCUT2D eigenvalue weighted by molar-refractivity contribution is 0.0679. The minimum atomic E-state index is -1.15. The van der Waals surface area contributed by atoms with Crippen molar-refractivity contribution in [2.24, 2.45) is 0 Å². The normalized spacial score (nSPS) is 10.0. The van der Waals surface area contributed by atoms with E-state index in [9.17, 15) is 9.59 Å². The van der Waals surface area contributed by atoms with Crippen LogP contribution in [-0.4, -0.2) is 32.1 Å². The van der Waals surface area contributed by atoms with Crippen molar-refractivity contribution in [1.29, 1.82) is 0 Å². The average Bonchev–Trinajstić information content (AvgIpc) is 2.39. The Kier molecular flexibility index (Phi) is 3.01. The van der Waals surface area contributed by atoms with E-state index in [1.807, 2.05) is 0 Å². The number of hydrogen-bond donors (Lipinski definition) is 2. The van der Waals surface area contributed by atoms with Crippen molar-refractivity contribution in [2.45, 2.75) is 0 Å². The molecule has 0 saturated heterocycles. The lowest BCUT2D eigenvalue weighted by Gasteiger charge is -2.02. The minimum absolute atomic E-state index is 0.116. The van der Waals surface area contributed by atoms with Crippen LogP contribution in [-0.2, 0) is 0 Å². The maximum atomic E-state index is 10.8. The number of aromatic nitrogens is 2. The van der Waals surface area contributed by atoms with E-state index in [1.54, 1.807) is 12.1 Å². The van der Waals surface area contributed by atoms with Crippen LogP contribution in [0.3, 0.4) is 0 Å². The highest BCUT2D eigenvalue weighted by Crippen LogP contribution is 2.15. The molecule has 2 aromatic heterocycles. The molecule has 0 atom stereocenters. The van der Waals surface area contributed by atoms with E-state index in [0.717, 1.165) is 0 Å². The Morgan fingerprint density at radius 1 is 0.778 bits per heavy atom. The summed E-state index contributed by atoms with van der Waals surface area (Å²) in [6.45, 7) is 0. The van der Waals surface area contributed by atoms with Crippen molar-refractivity contribution in [1.82, 2.24) is 9.97 Å². The molecule has 2 N–H and O–H groups in total. The molecule has 2 heterocycles. The Hall–Kier alpha value is -2.76. The Bertz CT molecular complexity index is 569. The number of pyridine rings is 2. The molecule has 6 heteroatoms. The van der Waals surface area contributed by atoms with Crippen molar-refractivity contribution in [3.63, 3.8) is 0 Å². The first-order valence-electron chi connectivity index (χ1n) is 4.99. The standard InChI is InChI=1S/C12H8N2O4/c15-11(16)9-5-1-3-7(13-9)8-4-2-6-10(14-8)12(17)18/h1-6H,(H,15,16)(H,17,18). The molecule has 18 heavy (non-hydrogen) atoms. The summed E-state index contributed by atoms with van der Waals surface area (Å²) in [4.78, 5) is 29.3. The molecule has 0 amide bonds. The summed E-state index contributed by atoms with van der Waals surface area (Å²) in [5.41, 5.74) is 0.404. The van der Waals surface area contributed by atoms with Crippen LogP contribution < -0.4 is 0 Å². The van der Waals surface area contributed by atoms with E-state index in [-0.39, 0.29) is 11.4 Å². The van der Waals surface area contributed by atoms with Crippen molar-refractivity contribution in [3.8, 4) is 11.4 Å². The van der Waals surface area contributed by atoms with Gasteiger partial charge in [0.2, 0.25) is 0 Å². The monoisotopic (exact) mass is 244 g/mol. The molecule has 0 unspecified atom stereocenters. The molecule has 2 aromatic rings. The summed E-state index contributed by atoms with van der Waals surface area (Å²) in [5, 5.41) is 17.6. The molecule has 0 aliphatic heterocycles. The van der Waals surface area contributed by atoms with Crippen molar-refractivity contribution in [3.05, 3.63) is 47.8 Å². The van der Waals surface area contributed by atoms with Gasteiger partial charge in [0.1, 0.15) is 11.4 Å². The number of hydrogen-bond acceptors (Lipinski definition) is 4. The topological polar surface area (TPSA) is 100 Å². The minimum Gasteiger partial charge on any atom is -0.477 e. The predicted molar refractivity (Wildman–Crippen MR) is 61.4 cm³/mol. The van der Waals surface area contributed by atoms with Gasteiger partial charge in [0.25, 0.3) is 0 Å². The summed E-state index contributed by atoms with van der Waals surface area (Å²) >= 11 is 0. The molecule has 0 fully saturated rings. The lowest BCUT2D eigenvalue weighted by Crippen LogP contribution is -2.03. The molecule has 0 aromatic carbocycles. The first-order valence-corrected chi connectivity index (χ1v) is 4.99. The first-order chi connectivity index (χ1) is 8.58. The van der Waals surface area contributed by atoms with Gasteiger partial charge in [0.15, 0.2) is 0 Å². The third kappa shape index (κ3) is 2.32. The second-order valence-corrected chi connectivity index (χ2v) is 3.43. The maximum absolute atomic E-state index is 10.8. The maximum Gasteiger partial charge on any atom is 0.354 e. The van der Waals surface area contributed by atoms with Crippen LogP contribution in [0.15, 0.2) is 36.4 Å². The van der Waals surface area contributed by atoms with Gasteiger partial charge < -0.3 is 10.2 Å². The van der Waals surface area contributed by atoms with Gasteiger partial charge in [0.05, 0.1) is 11.4 Å². The van der Waals surface area contributed by atoms with Crippen LogP contribution in [0.4, 0.5) is 0 Å². The summed E-state index contributed by atoms with van der Waals surface area (Å²) in [6, 6.07) is 8.91. The van der Waals surface area contributed by atoms with Gasteiger partial charge in [-0.15, -0.1) is 0 Å². The summed E-state index contributed by atoms with van der Waals surface area (Å²) in [7, 11) is 0. The summed E-state index contributed by atoms with van der Waals surface area (Å²) in [6.07, 6.45) is 0. The van der Waals surface area contributed by atoms with Gasteiger partial charge in [-0.05, 0) is 24.3 Å². The summed E-state index contributed by atoms with van der Waals surface area (Å²) in [5.74, 6) is -2.29. The molecular formula is C12H8N2O4. The number of nitrogens with zero attached hydrogens (tertiary/aromatic N) is 2. The van der Waals surface area contributed by atoms with Crippen LogP contribution in [0.25, 0.3) is 11.4 Å². The van der Waals surface area contributed by atoms with Crippen LogP contribution in [0, 0.1) is 0 Å². The number of aromatic carboxylic acids is 2. The molecule has 90 valence electrons. The highest BCUT2D eigenvalue weighted by molar-refractivity contribution is 5.87. The van der Waals surface area contributed by atoms with E-state index >= 15 is 0 Å². The van der Waals surface area contributed by atoms with E-state index in [0.29, 0.717) is 11.4 Å². The highest BCUT2D eigenvalue weighted by atomic mass is 16.4. The van der Waals surface area contributed by atoms with Crippen LogP contribution >= 0.6 is 0 Å². The zero-order valence-corrected chi connectivity index (χ0v) is 9.07. The second kappa shape index (κ2) is 4.62. The Morgan fingerprint density at radius 2 is 1.17 bits per heavy atom. The smallest absolute Gasteiger partial charge is 0.354 e. The molecule has 2 rings (SSSR count). The number of carboxylic acid groups (broad SMARTS) is 2. The van der Waals surface area contributed by atoms with E-state index in [1.165, 1.54) is 24.3 Å². The quantitative estimate of drug-likeness (QED) is 0.849. The zero-order valence-electron chi connectivity index (χ0n) is 9.07. The van der Waals surface area contributed by atoms with E-state index in [4.69, 9.17) is 10.2 Å². The van der Waals surface area contributed by atoms with Gasteiger partial charge in [-0.25, -0.2) is 19.6 Å². The number of carboxylic acids is 2. The molecule has 0 saturated carbocycles. The Labute approximate surface area is 102 Å². The summed E-state index contributed by atoms with van der Waals surface area (Å²) < 4.78 is 0. The fraction of sp³-hybridized carbons (Fsp3) is 0. The third-order valence-electron chi connectivity index (χ3n) is 2.20. The van der Waals surface area contributed by atoms with Gasteiger partial charge in [-0.2, -0.15) is 0 Å². The van der Waals surface area contributed by atoms with E-state index < -0.39 is 11.9 Å². The molecule has 6 nitrogen and oxygen atoms in total. The van der Waals surface area contributed by atoms with Gasteiger partial charge in [0, 0.05) is 0 Å². The Balaban J connectivity index is 2.48. The van der Waals surface area contributed by atoms with Crippen molar-refractivity contribution >= 4 is 11.9 Å². The van der Waals surface area contributed by atoms with Crippen molar-refractivity contribution < 1.29 is 19.8 Å². The molecule has 0 bridgehead atoms. The third-order valence-corrected chi connectivity index (χ3v) is 2.20. The fourth-order valence-electron chi connectivity index (χ4n) is 1.39. The van der Waals surface area contributed by atoms with E-state index in [2.05, 4.69) is 9.97 Å². The fourth-order valence-corrected chi connectivity index (χ4v) is 1.39. The molecular weight excluding hydrogens is 236 g/mol. The lowest BCUT2D eigenvalue weighted by atomic mass is 10.2. The van der Waals surface area contributed by atoms with Crippen LogP contribution in [0.5, 0.6) is 0 Å². The van der Waals surface area contributed by atoms with Crippen LogP contribution in [0.1, 0.15) is 21.0 Å². The molecule has 0 aliphatic rings. The number of carbonyl (C=O) groups is 2. The average molecular weight is 244 g/mol. The SMILES string of the molecule is O=C(O)c1cccc(-c2cccc(C(=O)O)n2)n1. The van der Waals surface area contributed by atoms with Gasteiger partial charge in [-0.1, -0.05) is 12.1 Å². The highest BCUT2D eigenvalue weighted by Gasteiger charge is 2.10. The zero-order chi connectivity index (χ0) is 13.1. The van der Waals surface area contributed by atoms with Gasteiger partial charge in [-0.3, -0.25) is 0 Å². The first kappa shape index (κ1) is 11.7. The van der Waals surface area contributed by atoms with Crippen molar-refractivity contribution in [2.75, 3.05) is 0 Å². The second-order valence-electron chi connectivity index (χ2n) is 3.43. The van der Waals surface area contributed by atoms with Crippen LogP contribution in [0.2, 0.25) is 0 Å². The molecule has 0 aliphatic carbocycles. The predicted octanol–water partition coefficient (Wildman–Crippen LogP) is 1.54.